The molecule has 0 radical (unpaired) electrons. The zero-order valence-electron chi connectivity index (χ0n) is 10.6. The van der Waals surface area contributed by atoms with E-state index >= 15 is 0 Å². The van der Waals surface area contributed by atoms with Crippen molar-refractivity contribution in [1.29, 1.82) is 0 Å². The van der Waals surface area contributed by atoms with Crippen molar-refractivity contribution in [3.8, 4) is 0 Å². The average molecular weight is 322 g/mol. The number of benzene rings is 1. The molecule has 1 aromatic rings. The van der Waals surface area contributed by atoms with Gasteiger partial charge < -0.3 is 10.0 Å². The van der Waals surface area contributed by atoms with Crippen molar-refractivity contribution in [2.24, 2.45) is 5.92 Å². The third kappa shape index (κ3) is 2.54. The van der Waals surface area contributed by atoms with Crippen LogP contribution in [0.25, 0.3) is 6.08 Å². The third-order valence-corrected chi connectivity index (χ3v) is 4.74. The van der Waals surface area contributed by atoms with E-state index in [-0.39, 0.29) is 0 Å². The number of hydrogen-bond acceptors (Lipinski definition) is 2. The number of anilines is 1. The van der Waals surface area contributed by atoms with Crippen LogP contribution in [0.5, 0.6) is 0 Å². The van der Waals surface area contributed by atoms with E-state index in [1.165, 1.54) is 31.0 Å². The van der Waals surface area contributed by atoms with Crippen LogP contribution in [0.1, 0.15) is 24.8 Å². The topological polar surface area (TPSA) is 40.5 Å². The molecule has 3 rings (SSSR count). The van der Waals surface area contributed by atoms with Crippen molar-refractivity contribution in [1.82, 2.24) is 0 Å². The van der Waals surface area contributed by atoms with Crippen molar-refractivity contribution in [3.05, 3.63) is 34.3 Å². The van der Waals surface area contributed by atoms with E-state index in [2.05, 4.69) is 26.9 Å². The van der Waals surface area contributed by atoms with Crippen LogP contribution in [0.3, 0.4) is 0 Å². The Bertz CT molecular complexity index is 541. The van der Waals surface area contributed by atoms with Gasteiger partial charge in [0.2, 0.25) is 0 Å². The molecular formula is C15H16BrNO2. The maximum atomic E-state index is 10.5. The molecule has 100 valence electrons. The summed E-state index contributed by atoms with van der Waals surface area (Å²) in [7, 11) is 0. The van der Waals surface area contributed by atoms with Crippen LogP contribution >= 0.6 is 15.9 Å². The van der Waals surface area contributed by atoms with Gasteiger partial charge >= 0.3 is 5.97 Å². The molecule has 0 spiro atoms. The molecule has 1 aliphatic heterocycles. The first kappa shape index (κ1) is 12.7. The number of carboxylic acids is 1. The normalized spacial score (nSPS) is 25.4. The Morgan fingerprint density at radius 3 is 2.84 bits per heavy atom. The fraction of sp³-hybridized carbons (Fsp3) is 0.400. The van der Waals surface area contributed by atoms with Gasteiger partial charge in [-0.3, -0.25) is 0 Å². The molecule has 1 saturated heterocycles. The number of carbonyl (C=O) groups is 1. The molecule has 1 aliphatic carbocycles. The number of fused-ring (bicyclic) bond motifs is 2. The van der Waals surface area contributed by atoms with Gasteiger partial charge in [-0.25, -0.2) is 4.79 Å². The van der Waals surface area contributed by atoms with Crippen molar-refractivity contribution in [2.75, 3.05) is 11.4 Å². The highest BCUT2D eigenvalue weighted by Crippen LogP contribution is 2.42. The van der Waals surface area contributed by atoms with E-state index in [0.29, 0.717) is 6.04 Å². The maximum absolute atomic E-state index is 10.5. The van der Waals surface area contributed by atoms with Crippen LogP contribution in [-0.2, 0) is 4.79 Å². The maximum Gasteiger partial charge on any atom is 0.328 e. The first-order chi connectivity index (χ1) is 9.13. The van der Waals surface area contributed by atoms with Crippen LogP contribution < -0.4 is 4.90 Å². The summed E-state index contributed by atoms with van der Waals surface area (Å²) in [6, 6.07) is 6.75. The Hall–Kier alpha value is -1.29. The smallest absolute Gasteiger partial charge is 0.328 e. The molecule has 4 heteroatoms. The van der Waals surface area contributed by atoms with E-state index < -0.39 is 5.97 Å². The van der Waals surface area contributed by atoms with Crippen LogP contribution in [0.4, 0.5) is 5.69 Å². The summed E-state index contributed by atoms with van der Waals surface area (Å²) in [6.07, 6.45) is 6.79. The Labute approximate surface area is 121 Å². The summed E-state index contributed by atoms with van der Waals surface area (Å²) >= 11 is 3.61. The van der Waals surface area contributed by atoms with Gasteiger partial charge in [0.15, 0.2) is 0 Å². The van der Waals surface area contributed by atoms with Crippen LogP contribution in [0.2, 0.25) is 0 Å². The van der Waals surface area contributed by atoms with Gasteiger partial charge in [0.05, 0.1) is 5.69 Å². The van der Waals surface area contributed by atoms with Crippen molar-refractivity contribution < 1.29 is 9.90 Å². The van der Waals surface area contributed by atoms with E-state index in [1.54, 1.807) is 6.08 Å². The zero-order valence-corrected chi connectivity index (χ0v) is 12.1. The number of hydrogen-bond donors (Lipinski definition) is 1. The lowest BCUT2D eigenvalue weighted by Gasteiger charge is -2.30. The number of aliphatic carboxylic acids is 1. The van der Waals surface area contributed by atoms with Crippen molar-refractivity contribution in [2.45, 2.75) is 25.3 Å². The monoisotopic (exact) mass is 321 g/mol. The Balaban J connectivity index is 1.82. The minimum absolute atomic E-state index is 0.696. The van der Waals surface area contributed by atoms with Crippen LogP contribution in [-0.4, -0.2) is 23.7 Å². The Kier molecular flexibility index (Phi) is 3.35. The standard InChI is InChI=1S/C15H16BrNO2/c16-13-8-10(3-6-15(18)19)2-5-14(13)17-9-11-1-4-12(17)7-11/h2-3,5-6,8,11-12H,1,4,7,9H2,(H,18,19)/b6-3+. The first-order valence-electron chi connectivity index (χ1n) is 6.60. The van der Waals surface area contributed by atoms with Crippen LogP contribution in [0, 0.1) is 5.92 Å². The van der Waals surface area contributed by atoms with E-state index in [0.717, 1.165) is 22.5 Å². The fourth-order valence-electron chi connectivity index (χ4n) is 3.25. The lowest BCUT2D eigenvalue weighted by atomic mass is 10.1. The van der Waals surface area contributed by atoms with E-state index in [9.17, 15) is 4.79 Å². The second kappa shape index (κ2) is 5.00. The molecule has 1 aromatic carbocycles. The predicted molar refractivity (Wildman–Crippen MR) is 79.3 cm³/mol. The van der Waals surface area contributed by atoms with E-state index in [4.69, 9.17) is 5.11 Å². The summed E-state index contributed by atoms with van der Waals surface area (Å²) in [6.45, 7) is 1.16. The van der Waals surface area contributed by atoms with E-state index in [1.807, 2.05) is 12.1 Å². The van der Waals surface area contributed by atoms with Gasteiger partial charge in [0.25, 0.3) is 0 Å². The van der Waals surface area contributed by atoms with Gasteiger partial charge in [-0.2, -0.15) is 0 Å². The molecule has 2 unspecified atom stereocenters. The molecule has 2 aliphatic rings. The second-order valence-corrected chi connectivity index (χ2v) is 6.22. The molecular weight excluding hydrogens is 306 g/mol. The first-order valence-corrected chi connectivity index (χ1v) is 7.40. The van der Waals surface area contributed by atoms with Gasteiger partial charge in [0.1, 0.15) is 0 Å². The molecule has 3 nitrogen and oxygen atoms in total. The second-order valence-electron chi connectivity index (χ2n) is 5.37. The summed E-state index contributed by atoms with van der Waals surface area (Å²) in [4.78, 5) is 13.0. The molecule has 2 fully saturated rings. The highest BCUT2D eigenvalue weighted by Gasteiger charge is 2.38. The highest BCUT2D eigenvalue weighted by molar-refractivity contribution is 9.10. The zero-order chi connectivity index (χ0) is 13.4. The van der Waals surface area contributed by atoms with Gasteiger partial charge in [0, 0.05) is 23.1 Å². The minimum Gasteiger partial charge on any atom is -0.478 e. The van der Waals surface area contributed by atoms with Crippen molar-refractivity contribution in [3.63, 3.8) is 0 Å². The quantitative estimate of drug-likeness (QED) is 0.866. The minimum atomic E-state index is -0.919. The Morgan fingerprint density at radius 1 is 1.42 bits per heavy atom. The summed E-state index contributed by atoms with van der Waals surface area (Å²) in [5.41, 5.74) is 2.14. The molecule has 1 N–H and O–H groups in total. The molecule has 1 heterocycles. The number of halogens is 1. The van der Waals surface area contributed by atoms with Gasteiger partial charge in [-0.15, -0.1) is 0 Å². The molecule has 2 bridgehead atoms. The molecule has 0 aromatic heterocycles. The SMILES string of the molecule is O=C(O)/C=C/c1ccc(N2CC3CCC2C3)c(Br)c1. The molecule has 19 heavy (non-hydrogen) atoms. The van der Waals surface area contributed by atoms with Crippen molar-refractivity contribution >= 4 is 33.7 Å². The Morgan fingerprint density at radius 2 is 2.26 bits per heavy atom. The van der Waals surface area contributed by atoms with Gasteiger partial charge in [-0.05, 0) is 64.9 Å². The number of carboxylic acid groups (broad SMARTS) is 1. The third-order valence-electron chi connectivity index (χ3n) is 4.11. The lowest BCUT2D eigenvalue weighted by Crippen LogP contribution is -2.32. The fourth-order valence-corrected chi connectivity index (χ4v) is 3.87. The van der Waals surface area contributed by atoms with Crippen LogP contribution in [0.15, 0.2) is 28.7 Å². The number of nitrogens with zero attached hydrogens (tertiary/aromatic N) is 1. The summed E-state index contributed by atoms with van der Waals surface area (Å²) in [5.74, 6) is -0.0551. The number of rotatable bonds is 3. The molecule has 0 amide bonds. The lowest BCUT2D eigenvalue weighted by molar-refractivity contribution is -0.131. The average Bonchev–Trinajstić information content (AvgIpc) is 2.98. The number of piperidine rings is 1. The molecule has 2 atom stereocenters. The van der Waals surface area contributed by atoms with Gasteiger partial charge in [-0.1, -0.05) is 6.07 Å². The summed E-state index contributed by atoms with van der Waals surface area (Å²) in [5, 5.41) is 8.64. The predicted octanol–water partition coefficient (Wildman–Crippen LogP) is 3.54. The largest absolute Gasteiger partial charge is 0.478 e. The highest BCUT2D eigenvalue weighted by atomic mass is 79.9. The molecule has 1 saturated carbocycles. The summed E-state index contributed by atoms with van der Waals surface area (Å²) < 4.78 is 1.05.